The van der Waals surface area contributed by atoms with E-state index in [2.05, 4.69) is 10.3 Å². The number of rotatable bonds is 6. The van der Waals surface area contributed by atoms with Crippen LogP contribution in [0.2, 0.25) is 0 Å². The molecule has 0 radical (unpaired) electrons. The van der Waals surface area contributed by atoms with Crippen molar-refractivity contribution < 1.29 is 14.3 Å². The van der Waals surface area contributed by atoms with E-state index >= 15 is 0 Å². The van der Waals surface area contributed by atoms with Gasteiger partial charge in [0.05, 0.1) is 13.2 Å². The molecule has 6 heteroatoms. The number of morpholine rings is 1. The predicted molar refractivity (Wildman–Crippen MR) is 112 cm³/mol. The van der Waals surface area contributed by atoms with Crippen LogP contribution in [-0.2, 0) is 20.7 Å². The minimum atomic E-state index is -1.07. The van der Waals surface area contributed by atoms with Gasteiger partial charge in [0.2, 0.25) is 5.91 Å². The highest BCUT2D eigenvalue weighted by Crippen LogP contribution is 2.27. The van der Waals surface area contributed by atoms with Crippen molar-refractivity contribution in [2.45, 2.75) is 32.8 Å². The maximum absolute atomic E-state index is 13.0. The van der Waals surface area contributed by atoms with Crippen LogP contribution in [0.5, 0.6) is 0 Å². The van der Waals surface area contributed by atoms with Crippen LogP contribution in [0.3, 0.4) is 0 Å². The van der Waals surface area contributed by atoms with Gasteiger partial charge >= 0.3 is 0 Å². The molecule has 1 N–H and O–H groups in total. The second kappa shape index (κ2) is 9.18. The van der Waals surface area contributed by atoms with Crippen LogP contribution in [0.4, 0.5) is 0 Å². The number of carbonyl (C=O) groups is 2. The molecule has 0 spiro atoms. The van der Waals surface area contributed by atoms with Crippen LogP contribution in [0.1, 0.15) is 26.3 Å². The molecule has 1 aliphatic heterocycles. The first kappa shape index (κ1) is 21.0. The van der Waals surface area contributed by atoms with Crippen LogP contribution >= 0.6 is 0 Å². The molecule has 1 aromatic carbocycles. The van der Waals surface area contributed by atoms with E-state index in [-0.39, 0.29) is 24.3 Å². The van der Waals surface area contributed by atoms with E-state index in [1.165, 1.54) is 0 Å². The monoisotopic (exact) mass is 395 g/mol. The molecule has 0 unspecified atom stereocenters. The summed E-state index contributed by atoms with van der Waals surface area (Å²) in [6, 6.07) is 12.0. The first-order valence-electron chi connectivity index (χ1n) is 10.2. The summed E-state index contributed by atoms with van der Waals surface area (Å²) in [6.45, 7) is 7.29. The fourth-order valence-electron chi connectivity index (χ4n) is 3.67. The zero-order valence-corrected chi connectivity index (χ0v) is 17.4. The minimum absolute atomic E-state index is 0.0509. The second-order valence-electron chi connectivity index (χ2n) is 7.73. The minimum Gasteiger partial charge on any atom is -0.361 e. The number of hydrogen-bond acceptors (Lipinski definition) is 4. The van der Waals surface area contributed by atoms with Gasteiger partial charge in [-0.05, 0) is 35.7 Å². The van der Waals surface area contributed by atoms with Crippen molar-refractivity contribution in [2.24, 2.45) is 5.92 Å². The van der Waals surface area contributed by atoms with Gasteiger partial charge in [0, 0.05) is 37.8 Å². The molecule has 0 saturated carbocycles. The SMILES string of the molecule is CCNC(=O)[C@@]1(Cc2ccc(-c3ccncc3)cc2)CN(C(=O)C(C)C)CCO1. The van der Waals surface area contributed by atoms with E-state index in [9.17, 15) is 9.59 Å². The zero-order chi connectivity index (χ0) is 20.9. The van der Waals surface area contributed by atoms with E-state index in [4.69, 9.17) is 4.74 Å². The molecule has 2 aromatic rings. The fraction of sp³-hybridized carbons (Fsp3) is 0.435. The third kappa shape index (κ3) is 4.82. The molecular weight excluding hydrogens is 366 g/mol. The van der Waals surface area contributed by atoms with Gasteiger partial charge in [-0.2, -0.15) is 0 Å². The molecule has 154 valence electrons. The smallest absolute Gasteiger partial charge is 0.254 e. The lowest BCUT2D eigenvalue weighted by Crippen LogP contribution is -2.62. The van der Waals surface area contributed by atoms with Gasteiger partial charge in [0.15, 0.2) is 5.60 Å². The van der Waals surface area contributed by atoms with E-state index in [1.807, 2.05) is 57.2 Å². The molecule has 1 saturated heterocycles. The second-order valence-corrected chi connectivity index (χ2v) is 7.73. The Morgan fingerprint density at radius 1 is 1.14 bits per heavy atom. The molecule has 0 aliphatic carbocycles. The van der Waals surface area contributed by atoms with Crippen molar-refractivity contribution in [3.63, 3.8) is 0 Å². The lowest BCUT2D eigenvalue weighted by molar-refractivity contribution is -0.167. The average Bonchev–Trinajstić information content (AvgIpc) is 2.74. The van der Waals surface area contributed by atoms with Gasteiger partial charge in [-0.25, -0.2) is 0 Å². The summed E-state index contributed by atoms with van der Waals surface area (Å²) in [5.74, 6) is -0.228. The van der Waals surface area contributed by atoms with E-state index in [0.29, 0.717) is 26.1 Å². The first-order valence-corrected chi connectivity index (χ1v) is 10.2. The predicted octanol–water partition coefficient (Wildman–Crippen LogP) is 2.68. The Morgan fingerprint density at radius 2 is 1.79 bits per heavy atom. The van der Waals surface area contributed by atoms with Crippen molar-refractivity contribution in [3.8, 4) is 11.1 Å². The van der Waals surface area contributed by atoms with Crippen molar-refractivity contribution in [2.75, 3.05) is 26.2 Å². The number of amides is 2. The van der Waals surface area contributed by atoms with Crippen LogP contribution in [0.25, 0.3) is 11.1 Å². The number of aromatic nitrogens is 1. The highest BCUT2D eigenvalue weighted by molar-refractivity contribution is 5.87. The Labute approximate surface area is 172 Å². The van der Waals surface area contributed by atoms with Crippen molar-refractivity contribution in [1.29, 1.82) is 0 Å². The first-order chi connectivity index (χ1) is 13.9. The highest BCUT2D eigenvalue weighted by atomic mass is 16.5. The standard InChI is InChI=1S/C23H29N3O3/c1-4-25-22(28)23(16-26(13-14-29-23)21(27)17(2)3)15-18-5-7-19(8-6-18)20-9-11-24-12-10-20/h5-12,17H,4,13-16H2,1-3H3,(H,25,28)/t23-/m1/s1. The normalized spacial score (nSPS) is 19.2. The summed E-state index contributed by atoms with van der Waals surface area (Å²) in [5, 5.41) is 2.89. The molecule has 1 aromatic heterocycles. The Morgan fingerprint density at radius 3 is 2.41 bits per heavy atom. The number of nitrogens with zero attached hydrogens (tertiary/aromatic N) is 2. The summed E-state index contributed by atoms with van der Waals surface area (Å²) in [4.78, 5) is 31.3. The maximum atomic E-state index is 13.0. The Kier molecular flexibility index (Phi) is 6.64. The van der Waals surface area contributed by atoms with Crippen molar-refractivity contribution in [3.05, 3.63) is 54.4 Å². The number of carbonyl (C=O) groups excluding carboxylic acids is 2. The third-order valence-electron chi connectivity index (χ3n) is 5.20. The number of likely N-dealkylation sites (N-methyl/N-ethyl adjacent to an activating group) is 1. The molecule has 0 bridgehead atoms. The third-order valence-corrected chi connectivity index (χ3v) is 5.20. The number of nitrogens with one attached hydrogen (secondary N) is 1. The van der Waals surface area contributed by atoms with Crippen LogP contribution in [0, 0.1) is 5.92 Å². The van der Waals surface area contributed by atoms with Gasteiger partial charge in [-0.3, -0.25) is 14.6 Å². The number of ether oxygens (including phenoxy) is 1. The summed E-state index contributed by atoms with van der Waals surface area (Å²) < 4.78 is 6.04. The van der Waals surface area contributed by atoms with Crippen LogP contribution in [-0.4, -0.2) is 53.5 Å². The summed E-state index contributed by atoms with van der Waals surface area (Å²) in [5.41, 5.74) is 2.10. The largest absolute Gasteiger partial charge is 0.361 e. The van der Waals surface area contributed by atoms with E-state index in [0.717, 1.165) is 16.7 Å². The summed E-state index contributed by atoms with van der Waals surface area (Å²) in [6.07, 6.45) is 3.95. The van der Waals surface area contributed by atoms with E-state index in [1.54, 1.807) is 17.3 Å². The lowest BCUT2D eigenvalue weighted by Gasteiger charge is -2.42. The maximum Gasteiger partial charge on any atom is 0.254 e. The molecule has 1 aliphatic rings. The Bertz CT molecular complexity index is 836. The Hall–Kier alpha value is -2.73. The average molecular weight is 396 g/mol. The molecule has 3 rings (SSSR count). The van der Waals surface area contributed by atoms with Gasteiger partial charge in [0.25, 0.3) is 5.91 Å². The topological polar surface area (TPSA) is 71.5 Å². The van der Waals surface area contributed by atoms with Gasteiger partial charge in [-0.1, -0.05) is 38.1 Å². The highest BCUT2D eigenvalue weighted by Gasteiger charge is 2.45. The Balaban J connectivity index is 1.84. The zero-order valence-electron chi connectivity index (χ0n) is 17.4. The number of benzene rings is 1. The van der Waals surface area contributed by atoms with Gasteiger partial charge < -0.3 is 15.0 Å². The number of pyridine rings is 1. The van der Waals surface area contributed by atoms with Gasteiger partial charge in [0.1, 0.15) is 0 Å². The van der Waals surface area contributed by atoms with Crippen molar-refractivity contribution >= 4 is 11.8 Å². The molecule has 2 heterocycles. The summed E-state index contributed by atoms with van der Waals surface area (Å²) in [7, 11) is 0. The van der Waals surface area contributed by atoms with Crippen molar-refractivity contribution in [1.82, 2.24) is 15.2 Å². The van der Waals surface area contributed by atoms with Gasteiger partial charge in [-0.15, -0.1) is 0 Å². The van der Waals surface area contributed by atoms with Crippen LogP contribution in [0.15, 0.2) is 48.8 Å². The lowest BCUT2D eigenvalue weighted by atomic mass is 9.90. The fourth-order valence-corrected chi connectivity index (χ4v) is 3.67. The van der Waals surface area contributed by atoms with Crippen LogP contribution < -0.4 is 5.32 Å². The number of hydrogen-bond donors (Lipinski definition) is 1. The quantitative estimate of drug-likeness (QED) is 0.816. The molecule has 1 fully saturated rings. The molecule has 2 amide bonds. The molecule has 29 heavy (non-hydrogen) atoms. The van der Waals surface area contributed by atoms with E-state index < -0.39 is 5.60 Å². The molecular formula is C23H29N3O3. The molecule has 1 atom stereocenters. The summed E-state index contributed by atoms with van der Waals surface area (Å²) >= 11 is 0. The molecule has 6 nitrogen and oxygen atoms in total.